The number of ether oxygens (including phenoxy) is 1. The number of carbonyl (C=O) groups excluding carboxylic acids is 1. The number of rotatable bonds is 5. The van der Waals surface area contributed by atoms with Crippen molar-refractivity contribution in [3.8, 4) is 5.75 Å². The Morgan fingerprint density at radius 2 is 1.92 bits per heavy atom. The number of methoxy groups -OCH3 is 1. The van der Waals surface area contributed by atoms with Crippen LogP contribution in [-0.2, 0) is 6.54 Å². The molecule has 0 unspecified atom stereocenters. The molecule has 1 heterocycles. The van der Waals surface area contributed by atoms with E-state index in [-0.39, 0.29) is 5.91 Å². The molecule has 126 valence electrons. The van der Waals surface area contributed by atoms with E-state index in [1.54, 1.807) is 48.7 Å². The van der Waals surface area contributed by atoms with Crippen molar-refractivity contribution < 1.29 is 9.53 Å². The minimum atomic E-state index is -0.128. The zero-order chi connectivity index (χ0) is 17.6. The van der Waals surface area contributed by atoms with Crippen LogP contribution in [-0.4, -0.2) is 18.0 Å². The van der Waals surface area contributed by atoms with Crippen LogP contribution in [0, 0.1) is 0 Å². The van der Waals surface area contributed by atoms with E-state index >= 15 is 0 Å². The Hall–Kier alpha value is -2.85. The summed E-state index contributed by atoms with van der Waals surface area (Å²) in [5, 5.41) is 0.530. The largest absolute Gasteiger partial charge is 0.497 e. The lowest BCUT2D eigenvalue weighted by atomic mass is 10.1. The zero-order valence-electron chi connectivity index (χ0n) is 13.7. The Bertz CT molecular complexity index is 851. The van der Waals surface area contributed by atoms with Crippen molar-refractivity contribution in [1.82, 2.24) is 4.98 Å². The fourth-order valence-corrected chi connectivity index (χ4v) is 2.68. The molecule has 0 aliphatic carbocycles. The summed E-state index contributed by atoms with van der Waals surface area (Å²) in [4.78, 5) is 18.9. The number of carbonyl (C=O) groups is 1. The molecule has 0 aliphatic heterocycles. The first-order chi connectivity index (χ1) is 12.2. The van der Waals surface area contributed by atoms with Crippen molar-refractivity contribution in [2.24, 2.45) is 0 Å². The molecule has 25 heavy (non-hydrogen) atoms. The standard InChI is InChI=1S/C20H17ClN2O2/c1-25-19-9-7-18(8-10-19)23(14-15-4-3-11-22-13-15)20(24)16-5-2-6-17(21)12-16/h2-13H,14H2,1H3. The minimum Gasteiger partial charge on any atom is -0.497 e. The third-order valence-corrected chi connectivity index (χ3v) is 4.00. The van der Waals surface area contributed by atoms with Gasteiger partial charge in [0.05, 0.1) is 13.7 Å². The fraction of sp³-hybridized carbons (Fsp3) is 0.100. The molecule has 1 amide bonds. The van der Waals surface area contributed by atoms with Crippen molar-refractivity contribution in [2.75, 3.05) is 12.0 Å². The number of hydrogen-bond donors (Lipinski definition) is 0. The molecule has 0 aliphatic rings. The Kier molecular flexibility index (Phi) is 5.31. The van der Waals surface area contributed by atoms with Gasteiger partial charge in [-0.25, -0.2) is 0 Å². The smallest absolute Gasteiger partial charge is 0.258 e. The zero-order valence-corrected chi connectivity index (χ0v) is 14.5. The van der Waals surface area contributed by atoms with Crippen LogP contribution in [0.5, 0.6) is 5.75 Å². The van der Waals surface area contributed by atoms with Crippen molar-refractivity contribution >= 4 is 23.2 Å². The molecule has 0 bridgehead atoms. The third-order valence-electron chi connectivity index (χ3n) is 3.76. The average molecular weight is 353 g/mol. The van der Waals surface area contributed by atoms with Crippen LogP contribution in [0.4, 0.5) is 5.69 Å². The normalized spacial score (nSPS) is 10.3. The molecule has 0 N–H and O–H groups in total. The van der Waals surface area contributed by atoms with Crippen LogP contribution in [0.3, 0.4) is 0 Å². The molecular formula is C20H17ClN2O2. The summed E-state index contributed by atoms with van der Waals surface area (Å²) in [6, 6.07) is 18.1. The number of anilines is 1. The van der Waals surface area contributed by atoms with Crippen molar-refractivity contribution in [3.63, 3.8) is 0 Å². The molecule has 0 spiro atoms. The maximum Gasteiger partial charge on any atom is 0.258 e. The molecule has 4 nitrogen and oxygen atoms in total. The Morgan fingerprint density at radius 3 is 2.56 bits per heavy atom. The van der Waals surface area contributed by atoms with E-state index in [4.69, 9.17) is 16.3 Å². The van der Waals surface area contributed by atoms with Gasteiger partial charge in [-0.15, -0.1) is 0 Å². The Morgan fingerprint density at radius 1 is 1.12 bits per heavy atom. The minimum absolute atomic E-state index is 0.128. The molecule has 0 fully saturated rings. The molecule has 0 saturated heterocycles. The first-order valence-corrected chi connectivity index (χ1v) is 8.15. The second-order valence-corrected chi connectivity index (χ2v) is 5.90. The van der Waals surface area contributed by atoms with E-state index in [9.17, 15) is 4.79 Å². The van der Waals surface area contributed by atoms with E-state index < -0.39 is 0 Å². The number of pyridine rings is 1. The highest BCUT2D eigenvalue weighted by Gasteiger charge is 2.18. The van der Waals surface area contributed by atoms with E-state index in [0.717, 1.165) is 17.0 Å². The highest BCUT2D eigenvalue weighted by Crippen LogP contribution is 2.24. The third kappa shape index (κ3) is 4.17. The van der Waals surface area contributed by atoms with Gasteiger partial charge in [-0.2, -0.15) is 0 Å². The lowest BCUT2D eigenvalue weighted by molar-refractivity contribution is 0.0985. The van der Waals surface area contributed by atoms with Gasteiger partial charge in [0, 0.05) is 28.7 Å². The van der Waals surface area contributed by atoms with Crippen LogP contribution in [0.1, 0.15) is 15.9 Å². The monoisotopic (exact) mass is 352 g/mol. The topological polar surface area (TPSA) is 42.4 Å². The van der Waals surface area contributed by atoms with Crippen LogP contribution < -0.4 is 9.64 Å². The van der Waals surface area contributed by atoms with E-state index in [1.165, 1.54) is 0 Å². The van der Waals surface area contributed by atoms with Crippen LogP contribution in [0.2, 0.25) is 5.02 Å². The maximum atomic E-state index is 13.1. The molecular weight excluding hydrogens is 336 g/mol. The van der Waals surface area contributed by atoms with Gasteiger partial charge in [0.15, 0.2) is 0 Å². The van der Waals surface area contributed by atoms with Gasteiger partial charge < -0.3 is 9.64 Å². The maximum absolute atomic E-state index is 13.1. The SMILES string of the molecule is COc1ccc(N(Cc2cccnc2)C(=O)c2cccc(Cl)c2)cc1. The summed E-state index contributed by atoms with van der Waals surface area (Å²) in [5.74, 6) is 0.608. The molecule has 0 saturated carbocycles. The summed E-state index contributed by atoms with van der Waals surface area (Å²) >= 11 is 6.04. The Balaban J connectivity index is 1.96. The van der Waals surface area contributed by atoms with Crippen LogP contribution in [0.25, 0.3) is 0 Å². The quantitative estimate of drug-likeness (QED) is 0.674. The molecule has 0 atom stereocenters. The van der Waals surface area contributed by atoms with Gasteiger partial charge in [-0.05, 0) is 54.1 Å². The number of aromatic nitrogens is 1. The molecule has 3 aromatic rings. The lowest BCUT2D eigenvalue weighted by Crippen LogP contribution is -2.30. The van der Waals surface area contributed by atoms with Gasteiger partial charge in [0.1, 0.15) is 5.75 Å². The predicted molar refractivity (Wildman–Crippen MR) is 99.2 cm³/mol. The van der Waals surface area contributed by atoms with Crippen molar-refractivity contribution in [3.05, 3.63) is 89.2 Å². The second kappa shape index (κ2) is 7.81. The van der Waals surface area contributed by atoms with Gasteiger partial charge >= 0.3 is 0 Å². The molecule has 3 rings (SSSR count). The van der Waals surface area contributed by atoms with E-state index in [2.05, 4.69) is 4.98 Å². The van der Waals surface area contributed by atoms with Gasteiger partial charge in [0.2, 0.25) is 0 Å². The number of amides is 1. The Labute approximate surface area is 151 Å². The number of nitrogens with zero attached hydrogens (tertiary/aromatic N) is 2. The summed E-state index contributed by atoms with van der Waals surface area (Å²) in [6.45, 7) is 0.408. The molecule has 5 heteroatoms. The first kappa shape index (κ1) is 17.0. The van der Waals surface area contributed by atoms with E-state index in [1.807, 2.05) is 36.4 Å². The second-order valence-electron chi connectivity index (χ2n) is 5.46. The first-order valence-electron chi connectivity index (χ1n) is 7.78. The fourth-order valence-electron chi connectivity index (χ4n) is 2.49. The van der Waals surface area contributed by atoms with Crippen molar-refractivity contribution in [2.45, 2.75) is 6.54 Å². The summed E-state index contributed by atoms with van der Waals surface area (Å²) in [6.07, 6.45) is 3.46. The average Bonchev–Trinajstić information content (AvgIpc) is 2.66. The summed E-state index contributed by atoms with van der Waals surface area (Å²) in [5.41, 5.74) is 2.25. The number of benzene rings is 2. The van der Waals surface area contributed by atoms with Crippen molar-refractivity contribution in [1.29, 1.82) is 0 Å². The van der Waals surface area contributed by atoms with Gasteiger partial charge in [-0.1, -0.05) is 23.7 Å². The van der Waals surface area contributed by atoms with Gasteiger partial charge in [0.25, 0.3) is 5.91 Å². The van der Waals surface area contributed by atoms with Crippen LogP contribution in [0.15, 0.2) is 73.1 Å². The predicted octanol–water partition coefficient (Wildman–Crippen LogP) is 4.59. The lowest BCUT2D eigenvalue weighted by Gasteiger charge is -2.23. The highest BCUT2D eigenvalue weighted by molar-refractivity contribution is 6.31. The number of halogens is 1. The molecule has 0 radical (unpaired) electrons. The molecule has 2 aromatic carbocycles. The van der Waals surface area contributed by atoms with Gasteiger partial charge in [-0.3, -0.25) is 9.78 Å². The van der Waals surface area contributed by atoms with Crippen LogP contribution >= 0.6 is 11.6 Å². The van der Waals surface area contributed by atoms with E-state index in [0.29, 0.717) is 17.1 Å². The highest BCUT2D eigenvalue weighted by atomic mass is 35.5. The number of hydrogen-bond acceptors (Lipinski definition) is 3. The summed E-state index contributed by atoms with van der Waals surface area (Å²) < 4.78 is 5.20. The summed E-state index contributed by atoms with van der Waals surface area (Å²) in [7, 11) is 1.61. The molecule has 1 aromatic heterocycles.